The van der Waals surface area contributed by atoms with Gasteiger partial charge in [0, 0.05) is 37.5 Å². The summed E-state index contributed by atoms with van der Waals surface area (Å²) in [6, 6.07) is 3.10. The molecule has 0 aliphatic heterocycles. The second-order valence-electron chi connectivity index (χ2n) is 7.13. The Balaban J connectivity index is 1.52. The monoisotopic (exact) mass is 483 g/mol. The zero-order chi connectivity index (χ0) is 23.1. The van der Waals surface area contributed by atoms with Crippen LogP contribution in [0.5, 0.6) is 0 Å². The largest absolute Gasteiger partial charge is 0.400 e. The second-order valence-corrected chi connectivity index (χ2v) is 9.99. The summed E-state index contributed by atoms with van der Waals surface area (Å²) in [5.41, 5.74) is 1.76. The minimum atomic E-state index is -3.77. The highest BCUT2D eigenvalue weighted by Crippen LogP contribution is 2.32. The van der Waals surface area contributed by atoms with E-state index in [-0.39, 0.29) is 18.0 Å². The first-order valence-electron chi connectivity index (χ1n) is 9.07. The maximum Gasteiger partial charge on any atom is 0.400 e. The molecular formula is C18H16ClF2N7O3S. The minimum Gasteiger partial charge on any atom is -0.340 e. The van der Waals surface area contributed by atoms with Gasteiger partial charge in [0.1, 0.15) is 5.65 Å². The Morgan fingerprint density at radius 2 is 2.09 bits per heavy atom. The van der Waals surface area contributed by atoms with E-state index in [4.69, 9.17) is 11.6 Å². The van der Waals surface area contributed by atoms with Crippen molar-refractivity contribution in [1.82, 2.24) is 29.1 Å². The third-order valence-corrected chi connectivity index (χ3v) is 5.82. The molecule has 4 aromatic rings. The van der Waals surface area contributed by atoms with Crippen LogP contribution in [0.1, 0.15) is 17.3 Å². The summed E-state index contributed by atoms with van der Waals surface area (Å²) >= 11 is 4.89. The van der Waals surface area contributed by atoms with E-state index in [1.165, 1.54) is 12.3 Å². The van der Waals surface area contributed by atoms with Crippen LogP contribution in [-0.2, 0) is 39.1 Å². The highest BCUT2D eigenvalue weighted by Gasteiger charge is 2.35. The number of carbonyl (C=O) groups is 1. The molecule has 0 spiro atoms. The van der Waals surface area contributed by atoms with Crippen molar-refractivity contribution in [2.24, 2.45) is 11.4 Å². The number of hydrogen-bond donors (Lipinski definition) is 0. The Hall–Kier alpha value is -3.19. The van der Waals surface area contributed by atoms with Crippen LogP contribution in [0.3, 0.4) is 0 Å². The minimum absolute atomic E-state index is 0.0577. The number of hydrogen-bond acceptors (Lipinski definition) is 7. The molecule has 32 heavy (non-hydrogen) atoms. The Kier molecular flexibility index (Phi) is 5.54. The number of halogens is 3. The Bertz CT molecular complexity index is 1430. The van der Waals surface area contributed by atoms with Crippen molar-refractivity contribution in [3.05, 3.63) is 54.3 Å². The maximum absolute atomic E-state index is 13.1. The molecule has 14 heteroatoms. The molecule has 0 N–H and O–H groups in total. The predicted octanol–water partition coefficient (Wildman–Crippen LogP) is 2.77. The molecule has 0 saturated carbocycles. The van der Waals surface area contributed by atoms with Gasteiger partial charge in [-0.3, -0.25) is 4.79 Å². The smallest absolute Gasteiger partial charge is 0.340 e. The summed E-state index contributed by atoms with van der Waals surface area (Å²) in [4.78, 5) is 24.4. The normalized spacial score (nSPS) is 13.9. The number of alkyl halides is 3. The highest BCUT2D eigenvalue weighted by molar-refractivity contribution is 7.92. The molecule has 0 bridgehead atoms. The Morgan fingerprint density at radius 3 is 2.75 bits per heavy atom. The predicted molar refractivity (Wildman–Crippen MR) is 110 cm³/mol. The van der Waals surface area contributed by atoms with E-state index in [2.05, 4.69) is 29.0 Å². The zero-order valence-corrected chi connectivity index (χ0v) is 18.3. The van der Waals surface area contributed by atoms with Gasteiger partial charge in [0.15, 0.2) is 0 Å². The lowest BCUT2D eigenvalue weighted by Crippen LogP contribution is -2.08. The molecule has 4 aromatic heterocycles. The van der Waals surface area contributed by atoms with E-state index in [1.54, 1.807) is 47.0 Å². The standard InChI is InChI=1S/C18H16ClF2N7O3S/c1-27-7-13(22-10-27)9-32(2,30)26-15(29)6-12-8-28-4-3-11(5-14(28)23-12)16-24-17(31-25-16)18(19,20)21/h3-5,7-8,10H,6,9H2,1-2H3. The van der Waals surface area contributed by atoms with Crippen LogP contribution in [0.2, 0.25) is 0 Å². The van der Waals surface area contributed by atoms with Crippen molar-refractivity contribution in [2.75, 3.05) is 6.26 Å². The Morgan fingerprint density at radius 1 is 1.31 bits per heavy atom. The maximum atomic E-state index is 13.1. The average Bonchev–Trinajstić information content (AvgIpc) is 3.38. The fourth-order valence-corrected chi connectivity index (χ4v) is 4.30. The van der Waals surface area contributed by atoms with Crippen LogP contribution in [0.15, 0.2) is 45.9 Å². The molecule has 4 rings (SSSR count). The summed E-state index contributed by atoms with van der Waals surface area (Å²) in [6.45, 7) is 0. The van der Waals surface area contributed by atoms with E-state index < -0.39 is 26.9 Å². The molecule has 0 saturated heterocycles. The third kappa shape index (κ3) is 4.99. The number of nitrogens with zero attached hydrogens (tertiary/aromatic N) is 7. The Labute approximate surface area is 185 Å². The van der Waals surface area contributed by atoms with Gasteiger partial charge in [-0.05, 0) is 23.7 Å². The molecule has 4 heterocycles. The molecule has 0 fully saturated rings. The summed E-state index contributed by atoms with van der Waals surface area (Å²) in [5.74, 6) is -1.62. The van der Waals surface area contributed by atoms with Crippen LogP contribution < -0.4 is 0 Å². The number of carbonyl (C=O) groups excluding carboxylic acids is 1. The molecule has 10 nitrogen and oxygen atoms in total. The summed E-state index contributed by atoms with van der Waals surface area (Å²) < 4.78 is 50.5. The van der Waals surface area contributed by atoms with E-state index in [9.17, 15) is 17.8 Å². The number of fused-ring (bicyclic) bond motifs is 1. The molecule has 1 unspecified atom stereocenters. The van der Waals surface area contributed by atoms with Gasteiger partial charge in [-0.1, -0.05) is 5.16 Å². The molecular weight excluding hydrogens is 468 g/mol. The molecule has 0 aliphatic carbocycles. The van der Waals surface area contributed by atoms with Gasteiger partial charge in [0.2, 0.25) is 5.82 Å². The average molecular weight is 484 g/mol. The topological polar surface area (TPSA) is 121 Å². The zero-order valence-electron chi connectivity index (χ0n) is 16.8. The molecule has 0 radical (unpaired) electrons. The first kappa shape index (κ1) is 22.0. The van der Waals surface area contributed by atoms with E-state index in [0.717, 1.165) is 0 Å². The lowest BCUT2D eigenvalue weighted by molar-refractivity contribution is -0.117. The van der Waals surface area contributed by atoms with Gasteiger partial charge >= 0.3 is 11.3 Å². The molecule has 1 amide bonds. The fraction of sp³-hybridized carbons (Fsp3) is 0.278. The summed E-state index contributed by atoms with van der Waals surface area (Å²) in [6.07, 6.45) is 7.74. The van der Waals surface area contributed by atoms with Gasteiger partial charge in [-0.2, -0.15) is 18.1 Å². The van der Waals surface area contributed by atoms with E-state index in [0.29, 0.717) is 22.6 Å². The van der Waals surface area contributed by atoms with Crippen molar-refractivity contribution in [3.63, 3.8) is 0 Å². The highest BCUT2D eigenvalue weighted by atomic mass is 35.5. The number of aromatic nitrogens is 6. The van der Waals surface area contributed by atoms with Crippen molar-refractivity contribution >= 4 is 32.9 Å². The lowest BCUT2D eigenvalue weighted by atomic mass is 10.2. The quantitative estimate of drug-likeness (QED) is 0.386. The van der Waals surface area contributed by atoms with Crippen molar-refractivity contribution in [2.45, 2.75) is 17.6 Å². The second kappa shape index (κ2) is 8.06. The number of imidazole rings is 2. The van der Waals surface area contributed by atoms with Crippen molar-refractivity contribution in [1.29, 1.82) is 0 Å². The first-order chi connectivity index (χ1) is 15.0. The third-order valence-electron chi connectivity index (χ3n) is 4.24. The number of rotatable bonds is 6. The molecule has 0 aliphatic rings. The van der Waals surface area contributed by atoms with E-state index in [1.807, 2.05) is 0 Å². The van der Waals surface area contributed by atoms with Gasteiger partial charge in [0.05, 0.1) is 39.6 Å². The summed E-state index contributed by atoms with van der Waals surface area (Å²) in [5, 5.41) is -0.274. The molecule has 168 valence electrons. The van der Waals surface area contributed by atoms with Crippen molar-refractivity contribution < 1.29 is 22.3 Å². The lowest BCUT2D eigenvalue weighted by Gasteiger charge is -2.00. The van der Waals surface area contributed by atoms with Crippen LogP contribution in [0.25, 0.3) is 17.0 Å². The van der Waals surface area contributed by atoms with Crippen LogP contribution in [0.4, 0.5) is 8.78 Å². The fourth-order valence-electron chi connectivity index (χ4n) is 2.97. The first-order valence-corrected chi connectivity index (χ1v) is 11.5. The number of aryl methyl sites for hydroxylation is 1. The van der Waals surface area contributed by atoms with E-state index >= 15 is 0 Å². The SMILES string of the molecule is Cn1cnc(CS(C)(=O)=NC(=O)Cc2cn3ccc(-c4noc(C(F)(F)Cl)n4)cc3n2)c1. The van der Waals surface area contributed by atoms with Gasteiger partial charge < -0.3 is 13.5 Å². The van der Waals surface area contributed by atoms with Gasteiger partial charge in [0.25, 0.3) is 5.91 Å². The molecule has 1 atom stereocenters. The summed E-state index contributed by atoms with van der Waals surface area (Å²) in [7, 11) is -1.02. The van der Waals surface area contributed by atoms with Gasteiger partial charge in [-0.25, -0.2) is 14.2 Å². The van der Waals surface area contributed by atoms with Gasteiger partial charge in [-0.15, -0.1) is 0 Å². The molecule has 0 aromatic carbocycles. The van der Waals surface area contributed by atoms with Crippen LogP contribution in [0, 0.1) is 0 Å². The number of amides is 1. The van der Waals surface area contributed by atoms with Crippen molar-refractivity contribution in [3.8, 4) is 11.4 Å². The van der Waals surface area contributed by atoms with Crippen LogP contribution in [-0.4, -0.2) is 45.4 Å². The van der Waals surface area contributed by atoms with Crippen LogP contribution >= 0.6 is 11.6 Å². The number of pyridine rings is 1.